The summed E-state index contributed by atoms with van der Waals surface area (Å²) in [7, 11) is -3.98. The molecule has 4 rings (SSSR count). The van der Waals surface area contributed by atoms with Crippen LogP contribution in [0, 0.1) is 11.8 Å². The first-order valence-electron chi connectivity index (χ1n) is 10.4. The molecule has 9 heteroatoms. The molecule has 1 amide bonds. The van der Waals surface area contributed by atoms with Crippen LogP contribution in [0.25, 0.3) is 11.0 Å². The van der Waals surface area contributed by atoms with Crippen LogP contribution in [0.5, 0.6) is 0 Å². The van der Waals surface area contributed by atoms with Crippen molar-refractivity contribution in [3.05, 3.63) is 54.1 Å². The van der Waals surface area contributed by atoms with Gasteiger partial charge < -0.3 is 4.90 Å². The molecule has 0 radical (unpaired) electrons. The highest BCUT2D eigenvalue weighted by atomic mass is 32.2. The van der Waals surface area contributed by atoms with Crippen LogP contribution < -0.4 is 4.72 Å². The number of nitrogens with one attached hydrogen (secondary N) is 1. The van der Waals surface area contributed by atoms with E-state index in [1.165, 1.54) is 6.07 Å². The number of piperidine rings is 1. The van der Waals surface area contributed by atoms with E-state index >= 15 is 0 Å². The molecule has 1 fully saturated rings. The van der Waals surface area contributed by atoms with E-state index in [1.807, 2.05) is 30.3 Å². The molecule has 7 nitrogen and oxygen atoms in total. The Morgan fingerprint density at radius 2 is 1.81 bits per heavy atom. The molecule has 3 aromatic rings. The van der Waals surface area contributed by atoms with Gasteiger partial charge >= 0.3 is 0 Å². The van der Waals surface area contributed by atoms with Crippen LogP contribution in [0.4, 0.5) is 0 Å². The maximum atomic E-state index is 13.5. The predicted octanol–water partition coefficient (Wildman–Crippen LogP) is 3.09. The lowest BCUT2D eigenvalue weighted by Crippen LogP contribution is -2.53. The highest BCUT2D eigenvalue weighted by molar-refractivity contribution is 7.89. The Bertz CT molecular complexity index is 1150. The summed E-state index contributed by atoms with van der Waals surface area (Å²) in [6.07, 6.45) is 1.35. The highest BCUT2D eigenvalue weighted by Crippen LogP contribution is 2.24. The molecule has 1 N–H and O–H groups in total. The number of sulfonamides is 1. The van der Waals surface area contributed by atoms with Crippen LogP contribution in [0.15, 0.2) is 53.4 Å². The SMILES string of the molecule is C[C@@H]1C[C@@H](C)CN(C(=O)[C@H](Cc2ccccc2)NS(=O)(=O)c2cccc3nsnc23)C1. The van der Waals surface area contributed by atoms with E-state index in [0.29, 0.717) is 36.0 Å². The summed E-state index contributed by atoms with van der Waals surface area (Å²) in [4.78, 5) is 15.3. The van der Waals surface area contributed by atoms with E-state index in [9.17, 15) is 13.2 Å². The fourth-order valence-corrected chi connectivity index (χ4v) is 6.30. The Labute approximate surface area is 186 Å². The zero-order valence-electron chi connectivity index (χ0n) is 17.6. The van der Waals surface area contributed by atoms with Crippen molar-refractivity contribution in [2.75, 3.05) is 13.1 Å². The van der Waals surface area contributed by atoms with E-state index in [4.69, 9.17) is 0 Å². The van der Waals surface area contributed by atoms with Gasteiger partial charge in [-0.25, -0.2) is 8.42 Å². The quantitative estimate of drug-likeness (QED) is 0.613. The van der Waals surface area contributed by atoms with Crippen LogP contribution in [-0.4, -0.2) is 47.1 Å². The molecule has 0 saturated carbocycles. The van der Waals surface area contributed by atoms with Gasteiger partial charge in [-0.3, -0.25) is 4.79 Å². The molecule has 2 heterocycles. The Hall–Kier alpha value is -2.36. The number of nitrogens with zero attached hydrogens (tertiary/aromatic N) is 3. The van der Waals surface area contributed by atoms with Crippen LogP contribution in [-0.2, 0) is 21.2 Å². The van der Waals surface area contributed by atoms with Crippen molar-refractivity contribution in [2.24, 2.45) is 11.8 Å². The van der Waals surface area contributed by atoms with Crippen LogP contribution in [0.2, 0.25) is 0 Å². The van der Waals surface area contributed by atoms with Crippen molar-refractivity contribution in [1.29, 1.82) is 0 Å². The van der Waals surface area contributed by atoms with Gasteiger partial charge in [0.15, 0.2) is 0 Å². The number of hydrogen-bond acceptors (Lipinski definition) is 6. The molecular weight excluding hydrogens is 432 g/mol. The van der Waals surface area contributed by atoms with E-state index in [2.05, 4.69) is 27.3 Å². The molecule has 0 unspecified atom stereocenters. The number of aromatic nitrogens is 2. The second-order valence-electron chi connectivity index (χ2n) is 8.44. The zero-order chi connectivity index (χ0) is 22.0. The minimum atomic E-state index is -3.98. The summed E-state index contributed by atoms with van der Waals surface area (Å²) < 4.78 is 37.6. The van der Waals surface area contributed by atoms with Gasteiger partial charge in [-0.05, 0) is 42.4 Å². The molecule has 1 saturated heterocycles. The second-order valence-corrected chi connectivity index (χ2v) is 10.7. The first-order valence-corrected chi connectivity index (χ1v) is 12.6. The van der Waals surface area contributed by atoms with Crippen molar-refractivity contribution in [3.8, 4) is 0 Å². The number of amides is 1. The number of fused-ring (bicyclic) bond motifs is 1. The summed E-state index contributed by atoms with van der Waals surface area (Å²) in [6, 6.07) is 13.4. The van der Waals surface area contributed by atoms with Crippen molar-refractivity contribution in [2.45, 2.75) is 37.6 Å². The topological polar surface area (TPSA) is 92.3 Å². The molecule has 1 aromatic heterocycles. The van der Waals surface area contributed by atoms with Gasteiger partial charge in [-0.1, -0.05) is 50.2 Å². The van der Waals surface area contributed by atoms with Gasteiger partial charge in [-0.15, -0.1) is 0 Å². The average molecular weight is 459 g/mol. The van der Waals surface area contributed by atoms with Gasteiger partial charge in [0.1, 0.15) is 22.0 Å². The first kappa shape index (κ1) is 21.9. The van der Waals surface area contributed by atoms with Crippen LogP contribution in [0.1, 0.15) is 25.8 Å². The second kappa shape index (κ2) is 9.02. The lowest BCUT2D eigenvalue weighted by molar-refractivity contribution is -0.135. The van der Waals surface area contributed by atoms with Crippen LogP contribution >= 0.6 is 11.7 Å². The minimum Gasteiger partial charge on any atom is -0.341 e. The Morgan fingerprint density at radius 3 is 2.52 bits per heavy atom. The molecule has 0 aliphatic carbocycles. The third-order valence-corrected chi connectivity index (χ3v) is 7.64. The van der Waals surface area contributed by atoms with E-state index in [0.717, 1.165) is 23.7 Å². The Morgan fingerprint density at radius 1 is 1.10 bits per heavy atom. The number of rotatable bonds is 6. The number of benzene rings is 2. The molecule has 0 spiro atoms. The summed E-state index contributed by atoms with van der Waals surface area (Å²) >= 11 is 0.967. The maximum Gasteiger partial charge on any atom is 0.243 e. The van der Waals surface area contributed by atoms with Gasteiger partial charge in [0.05, 0.1) is 11.7 Å². The van der Waals surface area contributed by atoms with Crippen molar-refractivity contribution < 1.29 is 13.2 Å². The summed E-state index contributed by atoms with van der Waals surface area (Å²) in [5.74, 6) is 0.586. The largest absolute Gasteiger partial charge is 0.341 e. The number of hydrogen-bond donors (Lipinski definition) is 1. The predicted molar refractivity (Wildman–Crippen MR) is 121 cm³/mol. The number of carbonyl (C=O) groups excluding carboxylic acids is 1. The number of carbonyl (C=O) groups is 1. The van der Waals surface area contributed by atoms with Crippen molar-refractivity contribution >= 4 is 38.7 Å². The molecule has 3 atom stereocenters. The normalized spacial score (nSPS) is 20.6. The molecule has 31 heavy (non-hydrogen) atoms. The average Bonchev–Trinajstić information content (AvgIpc) is 3.21. The molecule has 1 aliphatic rings. The third-order valence-electron chi connectivity index (χ3n) is 5.60. The summed E-state index contributed by atoms with van der Waals surface area (Å²) in [6.45, 7) is 5.54. The van der Waals surface area contributed by atoms with E-state index in [1.54, 1.807) is 17.0 Å². The standard InChI is InChI=1S/C22H26N4O3S2/c1-15-11-16(2)14-26(13-15)22(27)19(12-17-7-4-3-5-8-17)25-31(28,29)20-10-6-9-18-21(20)24-30-23-18/h3-10,15-16,19,25H,11-14H2,1-2H3/t15-,16-,19+/m1/s1. The Kier molecular flexibility index (Phi) is 6.36. The maximum absolute atomic E-state index is 13.5. The van der Waals surface area contributed by atoms with Gasteiger partial charge in [-0.2, -0.15) is 13.5 Å². The van der Waals surface area contributed by atoms with E-state index < -0.39 is 16.1 Å². The lowest BCUT2D eigenvalue weighted by atomic mass is 9.91. The fourth-order valence-electron chi connectivity index (χ4n) is 4.34. The highest BCUT2D eigenvalue weighted by Gasteiger charge is 2.33. The molecule has 0 bridgehead atoms. The minimum absolute atomic E-state index is 0.0463. The lowest BCUT2D eigenvalue weighted by Gasteiger charge is -2.37. The third kappa shape index (κ3) is 4.94. The Balaban J connectivity index is 1.65. The smallest absolute Gasteiger partial charge is 0.243 e. The summed E-state index contributed by atoms with van der Waals surface area (Å²) in [5.41, 5.74) is 1.75. The monoisotopic (exact) mass is 458 g/mol. The zero-order valence-corrected chi connectivity index (χ0v) is 19.2. The fraction of sp³-hybridized carbons (Fsp3) is 0.409. The number of likely N-dealkylation sites (tertiary alicyclic amines) is 1. The van der Waals surface area contributed by atoms with E-state index in [-0.39, 0.29) is 17.2 Å². The molecule has 2 aromatic carbocycles. The van der Waals surface area contributed by atoms with Crippen molar-refractivity contribution in [3.63, 3.8) is 0 Å². The van der Waals surface area contributed by atoms with Gasteiger partial charge in [0.2, 0.25) is 15.9 Å². The van der Waals surface area contributed by atoms with Gasteiger partial charge in [0, 0.05) is 13.1 Å². The molecule has 1 aliphatic heterocycles. The van der Waals surface area contributed by atoms with Gasteiger partial charge in [0.25, 0.3) is 0 Å². The van der Waals surface area contributed by atoms with Crippen LogP contribution in [0.3, 0.4) is 0 Å². The molecule has 164 valence electrons. The molecular formula is C22H26N4O3S2. The summed E-state index contributed by atoms with van der Waals surface area (Å²) in [5, 5.41) is 0. The van der Waals surface area contributed by atoms with Crippen molar-refractivity contribution in [1.82, 2.24) is 18.4 Å². The first-order chi connectivity index (χ1) is 14.8.